The number of rotatable bonds is 2. The molecule has 1 saturated heterocycles. The summed E-state index contributed by atoms with van der Waals surface area (Å²) in [6.07, 6.45) is 7.02. The molecular weight excluding hydrogens is 272 g/mol. The van der Waals surface area contributed by atoms with Crippen LogP contribution in [-0.4, -0.2) is 37.0 Å². The summed E-state index contributed by atoms with van der Waals surface area (Å²) in [6, 6.07) is 9.29. The normalized spacial score (nSPS) is 33.6. The molecule has 1 N–H and O–H groups in total. The highest BCUT2D eigenvalue weighted by Crippen LogP contribution is 2.60. The van der Waals surface area contributed by atoms with Crippen molar-refractivity contribution in [1.82, 2.24) is 10.2 Å². The molecule has 0 radical (unpaired) electrons. The molecule has 0 aromatic heterocycles. The third-order valence-corrected chi connectivity index (χ3v) is 6.14. The molecule has 3 nitrogen and oxygen atoms in total. The number of piperidine rings is 1. The molecule has 118 valence electrons. The van der Waals surface area contributed by atoms with Crippen molar-refractivity contribution in [2.75, 3.05) is 20.1 Å². The molecule has 3 heteroatoms. The third kappa shape index (κ3) is 2.18. The first-order valence-electron chi connectivity index (χ1n) is 8.79. The van der Waals surface area contributed by atoms with E-state index in [-0.39, 0.29) is 11.3 Å². The molecule has 4 rings (SSSR count). The SMILES string of the molecule is CNC1CCCN(C(=O)C2CC23CCCc2ccccc23)C1. The fourth-order valence-corrected chi connectivity index (χ4v) is 4.79. The molecule has 1 aromatic rings. The van der Waals surface area contributed by atoms with E-state index in [2.05, 4.69) is 34.5 Å². The number of hydrogen-bond donors (Lipinski definition) is 1. The molecule has 1 aromatic carbocycles. The van der Waals surface area contributed by atoms with Crippen LogP contribution in [0.2, 0.25) is 0 Å². The van der Waals surface area contributed by atoms with Crippen molar-refractivity contribution in [3.8, 4) is 0 Å². The first-order valence-corrected chi connectivity index (χ1v) is 8.79. The molecule has 22 heavy (non-hydrogen) atoms. The number of benzene rings is 1. The van der Waals surface area contributed by atoms with Crippen molar-refractivity contribution in [2.24, 2.45) is 5.92 Å². The van der Waals surface area contributed by atoms with Crippen LogP contribution < -0.4 is 5.32 Å². The summed E-state index contributed by atoms with van der Waals surface area (Å²) in [4.78, 5) is 15.1. The van der Waals surface area contributed by atoms with Crippen molar-refractivity contribution in [1.29, 1.82) is 0 Å². The van der Waals surface area contributed by atoms with Gasteiger partial charge < -0.3 is 10.2 Å². The Kier molecular flexibility index (Phi) is 3.48. The molecule has 1 amide bonds. The van der Waals surface area contributed by atoms with E-state index in [0.29, 0.717) is 11.9 Å². The largest absolute Gasteiger partial charge is 0.341 e. The Bertz CT molecular complexity index is 585. The van der Waals surface area contributed by atoms with Crippen LogP contribution in [0.3, 0.4) is 0 Å². The first kappa shape index (κ1) is 14.3. The van der Waals surface area contributed by atoms with Crippen LogP contribution in [-0.2, 0) is 16.6 Å². The molecule has 3 aliphatic rings. The van der Waals surface area contributed by atoms with Gasteiger partial charge in [-0.15, -0.1) is 0 Å². The number of likely N-dealkylation sites (tertiary alicyclic amines) is 1. The Balaban J connectivity index is 1.53. The average Bonchev–Trinajstić information content (AvgIpc) is 3.29. The Morgan fingerprint density at radius 1 is 1.32 bits per heavy atom. The molecule has 0 bridgehead atoms. The number of likely N-dealkylation sites (N-methyl/N-ethyl adjacent to an activating group) is 1. The number of amides is 1. The predicted octanol–water partition coefficient (Wildman–Crippen LogP) is 2.49. The molecule has 1 heterocycles. The summed E-state index contributed by atoms with van der Waals surface area (Å²) < 4.78 is 0. The lowest BCUT2D eigenvalue weighted by molar-refractivity contribution is -0.134. The van der Waals surface area contributed by atoms with Gasteiger partial charge in [0.1, 0.15) is 0 Å². The van der Waals surface area contributed by atoms with Gasteiger partial charge in [-0.3, -0.25) is 4.79 Å². The van der Waals surface area contributed by atoms with E-state index in [4.69, 9.17) is 0 Å². The lowest BCUT2D eigenvalue weighted by Gasteiger charge is -2.34. The third-order valence-electron chi connectivity index (χ3n) is 6.14. The van der Waals surface area contributed by atoms with Gasteiger partial charge in [0.25, 0.3) is 0 Å². The van der Waals surface area contributed by atoms with Gasteiger partial charge >= 0.3 is 0 Å². The number of hydrogen-bond acceptors (Lipinski definition) is 2. The van der Waals surface area contributed by atoms with Gasteiger partial charge in [-0.1, -0.05) is 24.3 Å². The average molecular weight is 298 g/mol. The maximum atomic E-state index is 13.0. The van der Waals surface area contributed by atoms with Gasteiger partial charge in [0, 0.05) is 30.5 Å². The number of carbonyl (C=O) groups excluding carboxylic acids is 1. The second-order valence-corrected chi connectivity index (χ2v) is 7.34. The highest BCUT2D eigenvalue weighted by atomic mass is 16.2. The zero-order valence-electron chi connectivity index (χ0n) is 13.5. The minimum absolute atomic E-state index is 0.179. The Labute approximate surface area is 133 Å². The van der Waals surface area contributed by atoms with Gasteiger partial charge in [0.2, 0.25) is 5.91 Å². The standard InChI is InChI=1S/C19H26N2O/c1-20-15-8-5-11-21(13-15)18(22)17-12-19(17)10-4-7-14-6-2-3-9-16(14)19/h2-3,6,9,15,17,20H,4-5,7-8,10-13H2,1H3. The Hall–Kier alpha value is -1.35. The molecule has 1 aliphatic heterocycles. The van der Waals surface area contributed by atoms with Crippen LogP contribution in [0, 0.1) is 5.92 Å². The summed E-state index contributed by atoms with van der Waals surface area (Å²) in [5.74, 6) is 0.654. The van der Waals surface area contributed by atoms with Crippen LogP contribution >= 0.6 is 0 Å². The Morgan fingerprint density at radius 3 is 3.05 bits per heavy atom. The first-order chi connectivity index (χ1) is 10.7. The van der Waals surface area contributed by atoms with Crippen molar-refractivity contribution in [3.63, 3.8) is 0 Å². The smallest absolute Gasteiger partial charge is 0.226 e. The highest BCUT2D eigenvalue weighted by molar-refractivity contribution is 5.85. The monoisotopic (exact) mass is 298 g/mol. The number of aryl methyl sites for hydroxylation is 1. The minimum atomic E-state index is 0.179. The second kappa shape index (κ2) is 5.38. The van der Waals surface area contributed by atoms with Crippen molar-refractivity contribution < 1.29 is 4.79 Å². The van der Waals surface area contributed by atoms with Gasteiger partial charge in [0.15, 0.2) is 0 Å². The van der Waals surface area contributed by atoms with E-state index < -0.39 is 0 Å². The summed E-state index contributed by atoms with van der Waals surface area (Å²) in [5, 5.41) is 3.34. The summed E-state index contributed by atoms with van der Waals surface area (Å²) in [5.41, 5.74) is 3.14. The minimum Gasteiger partial charge on any atom is -0.341 e. The van der Waals surface area contributed by atoms with Gasteiger partial charge in [-0.05, 0) is 56.7 Å². The van der Waals surface area contributed by atoms with Crippen LogP contribution in [0.15, 0.2) is 24.3 Å². The summed E-state index contributed by atoms with van der Waals surface area (Å²) in [7, 11) is 2.01. The summed E-state index contributed by atoms with van der Waals surface area (Å²) >= 11 is 0. The zero-order valence-corrected chi connectivity index (χ0v) is 13.5. The van der Waals surface area contributed by atoms with Crippen LogP contribution in [0.1, 0.15) is 43.2 Å². The number of carbonyl (C=O) groups is 1. The molecular formula is C19H26N2O. The van der Waals surface area contributed by atoms with Crippen LogP contribution in [0.5, 0.6) is 0 Å². The van der Waals surface area contributed by atoms with Crippen LogP contribution in [0.25, 0.3) is 0 Å². The topological polar surface area (TPSA) is 32.3 Å². The van der Waals surface area contributed by atoms with Crippen LogP contribution in [0.4, 0.5) is 0 Å². The zero-order chi connectivity index (χ0) is 15.2. The fraction of sp³-hybridized carbons (Fsp3) is 0.632. The maximum Gasteiger partial charge on any atom is 0.226 e. The highest BCUT2D eigenvalue weighted by Gasteiger charge is 2.60. The fourth-order valence-electron chi connectivity index (χ4n) is 4.79. The summed E-state index contributed by atoms with van der Waals surface area (Å²) in [6.45, 7) is 1.84. The number of fused-ring (bicyclic) bond motifs is 2. The molecule has 2 aliphatic carbocycles. The van der Waals surface area contributed by atoms with Crippen molar-refractivity contribution in [3.05, 3.63) is 35.4 Å². The number of nitrogens with zero attached hydrogens (tertiary/aromatic N) is 1. The molecule has 2 fully saturated rings. The quantitative estimate of drug-likeness (QED) is 0.910. The van der Waals surface area contributed by atoms with Crippen molar-refractivity contribution >= 4 is 5.91 Å². The van der Waals surface area contributed by atoms with Gasteiger partial charge in [-0.25, -0.2) is 0 Å². The lowest BCUT2D eigenvalue weighted by Crippen LogP contribution is -2.48. The molecule has 3 atom stereocenters. The molecule has 1 saturated carbocycles. The van der Waals surface area contributed by atoms with E-state index in [1.807, 2.05) is 7.05 Å². The van der Waals surface area contributed by atoms with E-state index in [1.165, 1.54) is 36.8 Å². The van der Waals surface area contributed by atoms with E-state index >= 15 is 0 Å². The number of nitrogens with one attached hydrogen (secondary N) is 1. The second-order valence-electron chi connectivity index (χ2n) is 7.34. The van der Waals surface area contributed by atoms with Gasteiger partial charge in [0.05, 0.1) is 0 Å². The Morgan fingerprint density at radius 2 is 2.18 bits per heavy atom. The van der Waals surface area contributed by atoms with Crippen molar-refractivity contribution in [2.45, 2.75) is 50.0 Å². The van der Waals surface area contributed by atoms with E-state index in [1.54, 1.807) is 0 Å². The van der Waals surface area contributed by atoms with Gasteiger partial charge in [-0.2, -0.15) is 0 Å². The predicted molar refractivity (Wildman–Crippen MR) is 87.8 cm³/mol. The maximum absolute atomic E-state index is 13.0. The lowest BCUT2D eigenvalue weighted by atomic mass is 9.78. The van der Waals surface area contributed by atoms with E-state index in [9.17, 15) is 4.79 Å². The van der Waals surface area contributed by atoms with E-state index in [0.717, 1.165) is 25.9 Å². The molecule has 3 unspecified atom stereocenters. The molecule has 1 spiro atoms.